The predicted molar refractivity (Wildman–Crippen MR) is 284 cm³/mol. The van der Waals surface area contributed by atoms with Crippen molar-refractivity contribution in [1.82, 2.24) is 9.97 Å². The van der Waals surface area contributed by atoms with E-state index < -0.39 is 143 Å². The number of pyridine rings is 2. The van der Waals surface area contributed by atoms with E-state index in [1.165, 1.54) is 120 Å². The van der Waals surface area contributed by atoms with Crippen molar-refractivity contribution in [2.75, 3.05) is 34.5 Å². The maximum Gasteiger partial charge on any atom is 0.350 e. The zero-order valence-electron chi connectivity index (χ0n) is 47.6. The Hall–Kier alpha value is -8.97. The van der Waals surface area contributed by atoms with Crippen LogP contribution in [0.2, 0.25) is 0 Å². The number of aromatic nitrogens is 2. The van der Waals surface area contributed by atoms with Crippen LogP contribution in [0.1, 0.15) is 103 Å². The van der Waals surface area contributed by atoms with Crippen molar-refractivity contribution in [2.45, 2.75) is 114 Å². The summed E-state index contributed by atoms with van der Waals surface area (Å²) < 4.78 is 80.5. The van der Waals surface area contributed by atoms with Gasteiger partial charge in [-0.25, -0.2) is 24.0 Å². The topological polar surface area (TPSA) is 320 Å². The van der Waals surface area contributed by atoms with Crippen LogP contribution in [-0.2, 0) is 71.3 Å². The SMILES string of the molecule is COc1cc(C(=O)O[C@@H]2[C@@H]3[C@@H](OC(C)=O)[C@@]45O[C@]3(C)COC(=O)c3cccnc3C=C[C@@H](C)C(=O)O[C@@H]([C@H](OC(=O)c3ccccc3)[C@H](OC(C)=O)[C@@]4(COC(=O)c3cccnc3)[C@@H]2OC(=O)C(C)(C)OC(C)=O)[C@]5(C)O)cc(OC)c1OC. The third kappa shape index (κ3) is 10.9. The zero-order valence-corrected chi connectivity index (χ0v) is 47.6. The van der Waals surface area contributed by atoms with Crippen molar-refractivity contribution in [3.8, 4) is 17.2 Å². The molecule has 4 aromatic rings. The number of esters is 9. The molecule has 4 heterocycles. The number of aliphatic hydroxyl groups is 1. The van der Waals surface area contributed by atoms with Crippen LogP contribution in [0.25, 0.3) is 6.08 Å². The molecule has 0 amide bonds. The number of carbonyl (C=O) groups excluding carboxylic acids is 9. The van der Waals surface area contributed by atoms with Gasteiger partial charge in [0.2, 0.25) is 11.4 Å². The van der Waals surface area contributed by atoms with Gasteiger partial charge in [0.25, 0.3) is 0 Å². The molecule has 25 nitrogen and oxygen atoms in total. The van der Waals surface area contributed by atoms with E-state index >= 15 is 9.59 Å². The summed E-state index contributed by atoms with van der Waals surface area (Å²) in [6.07, 6.45) is -7.73. The minimum atomic E-state index is -3.14. The van der Waals surface area contributed by atoms with Gasteiger partial charge >= 0.3 is 53.7 Å². The Kier molecular flexibility index (Phi) is 17.3. The third-order valence-electron chi connectivity index (χ3n) is 15.2. The molecule has 4 bridgehead atoms. The maximum absolute atomic E-state index is 15.5. The number of hydrogen-bond donors (Lipinski definition) is 1. The predicted octanol–water partition coefficient (Wildman–Crippen LogP) is 4.57. The minimum Gasteiger partial charge on any atom is -0.493 e. The molecule has 0 radical (unpaired) electrons. The average molecular weight is 1170 g/mol. The van der Waals surface area contributed by atoms with E-state index in [9.17, 15) is 38.7 Å². The first kappa shape index (κ1) is 61.1. The highest BCUT2D eigenvalue weighted by Gasteiger charge is 2.92. The number of nitrogens with zero attached hydrogens (tertiary/aromatic N) is 2. The van der Waals surface area contributed by atoms with E-state index in [1.807, 2.05) is 0 Å². The smallest absolute Gasteiger partial charge is 0.350 e. The summed E-state index contributed by atoms with van der Waals surface area (Å²) in [7, 11) is 3.83. The number of rotatable bonds is 15. The Morgan fingerprint density at radius 2 is 1.32 bits per heavy atom. The van der Waals surface area contributed by atoms with Gasteiger partial charge < -0.3 is 66.7 Å². The van der Waals surface area contributed by atoms with Gasteiger partial charge in [0.15, 0.2) is 41.5 Å². The molecule has 0 unspecified atom stereocenters. The second-order valence-electron chi connectivity index (χ2n) is 21.2. The van der Waals surface area contributed by atoms with E-state index in [2.05, 4.69) is 9.97 Å². The summed E-state index contributed by atoms with van der Waals surface area (Å²) >= 11 is 0. The van der Waals surface area contributed by atoms with Gasteiger partial charge in [-0.3, -0.25) is 29.1 Å². The van der Waals surface area contributed by atoms with Gasteiger partial charge in [-0.15, -0.1) is 0 Å². The highest BCUT2D eigenvalue weighted by Crippen LogP contribution is 2.70. The lowest BCUT2D eigenvalue weighted by Gasteiger charge is -2.67. The molecule has 1 N–H and O–H groups in total. The highest BCUT2D eigenvalue weighted by molar-refractivity contribution is 5.94. The fourth-order valence-corrected chi connectivity index (χ4v) is 11.7. The summed E-state index contributed by atoms with van der Waals surface area (Å²) in [6.45, 7) is 6.47. The van der Waals surface area contributed by atoms with E-state index in [0.29, 0.717) is 0 Å². The lowest BCUT2D eigenvalue weighted by Crippen LogP contribution is -2.89. The number of fused-ring (bicyclic) bond motifs is 5. The largest absolute Gasteiger partial charge is 0.493 e. The summed E-state index contributed by atoms with van der Waals surface area (Å²) in [5.41, 5.74) is -14.9. The second-order valence-corrected chi connectivity index (χ2v) is 21.2. The Bertz CT molecular complexity index is 3250. The van der Waals surface area contributed by atoms with Crippen molar-refractivity contribution < 1.29 is 110 Å². The number of carbonyl (C=O) groups is 9. The fraction of sp³-hybridized carbons (Fsp3) is 0.441. The molecule has 446 valence electrons. The van der Waals surface area contributed by atoms with Gasteiger partial charge in [0.05, 0.1) is 61.1 Å². The number of benzene rings is 2. The third-order valence-corrected chi connectivity index (χ3v) is 15.2. The molecule has 2 aromatic carbocycles. The van der Waals surface area contributed by atoms with Crippen molar-refractivity contribution in [3.05, 3.63) is 119 Å². The van der Waals surface area contributed by atoms with E-state index in [4.69, 9.17) is 61.6 Å². The zero-order chi connectivity index (χ0) is 61.3. The number of cyclic esters (lactones) is 1. The highest BCUT2D eigenvalue weighted by atomic mass is 16.7. The Morgan fingerprint density at radius 3 is 1.93 bits per heavy atom. The monoisotopic (exact) mass is 1170 g/mol. The molecule has 84 heavy (non-hydrogen) atoms. The first-order valence-electron chi connectivity index (χ1n) is 26.2. The minimum absolute atomic E-state index is 0.00561. The van der Waals surface area contributed by atoms with Gasteiger partial charge in [-0.1, -0.05) is 24.3 Å². The van der Waals surface area contributed by atoms with Crippen LogP contribution in [0.15, 0.2) is 91.4 Å². The van der Waals surface area contributed by atoms with Crippen molar-refractivity contribution in [1.29, 1.82) is 0 Å². The van der Waals surface area contributed by atoms with Crippen molar-refractivity contribution >= 4 is 59.8 Å². The lowest BCUT2D eigenvalue weighted by molar-refractivity contribution is -0.385. The van der Waals surface area contributed by atoms with Crippen LogP contribution >= 0.6 is 0 Å². The van der Waals surface area contributed by atoms with Gasteiger partial charge in [0.1, 0.15) is 42.0 Å². The molecule has 25 heteroatoms. The molecule has 2 aliphatic heterocycles. The Morgan fingerprint density at radius 1 is 0.714 bits per heavy atom. The van der Waals surface area contributed by atoms with E-state index in [1.54, 1.807) is 6.07 Å². The van der Waals surface area contributed by atoms with Crippen LogP contribution in [0, 0.1) is 17.3 Å². The van der Waals surface area contributed by atoms with E-state index in [0.717, 1.165) is 47.7 Å². The quantitative estimate of drug-likeness (QED) is 0.126. The van der Waals surface area contributed by atoms with Gasteiger partial charge in [-0.2, -0.15) is 0 Å². The summed E-state index contributed by atoms with van der Waals surface area (Å²) in [4.78, 5) is 139. The first-order valence-corrected chi connectivity index (χ1v) is 26.2. The molecule has 8 rings (SSSR count). The first-order chi connectivity index (χ1) is 39.7. The lowest BCUT2D eigenvalue weighted by atomic mass is 9.45. The molecule has 1 saturated heterocycles. The molecular weight excluding hydrogens is 1100 g/mol. The molecule has 12 atom stereocenters. The van der Waals surface area contributed by atoms with Gasteiger partial charge in [0, 0.05) is 39.4 Å². The molecule has 1 spiro atoms. The van der Waals surface area contributed by atoms with E-state index in [-0.39, 0.29) is 45.2 Å². The average Bonchev–Trinajstić information content (AvgIpc) is 1.35. The number of ether oxygens (including phenoxy) is 13. The molecule has 2 saturated carbocycles. The van der Waals surface area contributed by atoms with Crippen LogP contribution < -0.4 is 14.2 Å². The van der Waals surface area contributed by atoms with Crippen LogP contribution in [0.3, 0.4) is 0 Å². The maximum atomic E-state index is 15.5. The number of methoxy groups -OCH3 is 3. The molecule has 3 fully saturated rings. The Balaban J connectivity index is 1.55. The Labute approximate surface area is 481 Å². The molecule has 2 aromatic heterocycles. The van der Waals surface area contributed by atoms with Crippen LogP contribution in [0.4, 0.5) is 0 Å². The fourth-order valence-electron chi connectivity index (χ4n) is 11.7. The van der Waals surface area contributed by atoms with Gasteiger partial charge in [-0.05, 0) is 89.2 Å². The van der Waals surface area contributed by atoms with Crippen LogP contribution in [0.5, 0.6) is 17.2 Å². The molecule has 4 aliphatic rings. The molecule has 2 aliphatic carbocycles. The van der Waals surface area contributed by atoms with Crippen molar-refractivity contribution in [2.24, 2.45) is 17.3 Å². The summed E-state index contributed by atoms with van der Waals surface area (Å²) in [5.74, 6) is -14.1. The normalized spacial score (nSPS) is 28.7. The second kappa shape index (κ2) is 23.7. The van der Waals surface area contributed by atoms with Crippen molar-refractivity contribution in [3.63, 3.8) is 0 Å². The summed E-state index contributed by atoms with van der Waals surface area (Å²) in [5, 5.41) is 14.3. The molecular formula is C59H62N2O23. The van der Waals surface area contributed by atoms with Crippen LogP contribution in [-0.4, -0.2) is 162 Å². The standard InChI is InChI=1S/C59H62N2O23/c1-30-21-22-38-37(20-16-24-61-38)53(69)75-28-56(7)41-43(79-52(68)36-25-39(72-9)42(74-11)40(26-36)73-10)47(82-54(70)55(5,6)83-33(4)64)58(29-76-50(66)35-19-15-23-60-27-35)48(78-32(3)63)44(80-51(67)34-17-13-12-14-18-34)46(81-49(30)65)57(8,71)59(58,84-56)45(41)77-31(2)62/h12-27,30,41,43-48,71H,28-29H2,1-11H3/t30-,41-,43-,44+,45-,46+,47-,48+,56-,57+,58-,59+/m1/s1. The summed E-state index contributed by atoms with van der Waals surface area (Å²) in [6, 6.07) is 15.1. The number of hydrogen-bond acceptors (Lipinski definition) is 25.